The van der Waals surface area contributed by atoms with Crippen LogP contribution in [0, 0.1) is 0 Å². The van der Waals surface area contributed by atoms with Gasteiger partial charge in [0.05, 0.1) is 0 Å². The zero-order valence-electron chi connectivity index (χ0n) is 10.6. The standard InChI is InChI=1S/C17H12ClNO/c18-14-8-7-11-5-6-12(9-13(11)10-14)17(20)15-3-1-2-4-16(15)19/h1-10H,19H2. The van der Waals surface area contributed by atoms with Gasteiger partial charge in [0.25, 0.3) is 0 Å². The van der Waals surface area contributed by atoms with Crippen molar-refractivity contribution >= 4 is 33.8 Å². The second-order valence-corrected chi connectivity index (χ2v) is 5.06. The zero-order chi connectivity index (χ0) is 14.1. The molecule has 3 rings (SSSR count). The van der Waals surface area contributed by atoms with E-state index in [9.17, 15) is 4.79 Å². The molecule has 0 saturated carbocycles. The molecule has 0 saturated heterocycles. The Balaban J connectivity index is 2.10. The van der Waals surface area contributed by atoms with Crippen LogP contribution in [0.2, 0.25) is 5.02 Å². The lowest BCUT2D eigenvalue weighted by atomic mass is 9.99. The molecule has 2 N–H and O–H groups in total. The lowest BCUT2D eigenvalue weighted by Crippen LogP contribution is -2.04. The summed E-state index contributed by atoms with van der Waals surface area (Å²) >= 11 is 5.99. The molecule has 0 bridgehead atoms. The van der Waals surface area contributed by atoms with Crippen LogP contribution in [0.1, 0.15) is 15.9 Å². The molecule has 20 heavy (non-hydrogen) atoms. The van der Waals surface area contributed by atoms with Crippen molar-refractivity contribution in [2.24, 2.45) is 0 Å². The number of benzene rings is 3. The maximum absolute atomic E-state index is 12.5. The van der Waals surface area contributed by atoms with Crippen molar-refractivity contribution in [2.45, 2.75) is 0 Å². The van der Waals surface area contributed by atoms with Crippen molar-refractivity contribution in [1.82, 2.24) is 0 Å². The van der Waals surface area contributed by atoms with E-state index in [1.807, 2.05) is 48.5 Å². The molecule has 0 unspecified atom stereocenters. The summed E-state index contributed by atoms with van der Waals surface area (Å²) in [7, 11) is 0. The normalized spacial score (nSPS) is 10.7. The number of carbonyl (C=O) groups is 1. The van der Waals surface area contributed by atoms with Gasteiger partial charge in [-0.15, -0.1) is 0 Å². The molecule has 3 heteroatoms. The summed E-state index contributed by atoms with van der Waals surface area (Å²) in [5.74, 6) is -0.0787. The molecule has 3 aromatic carbocycles. The average Bonchev–Trinajstić information content (AvgIpc) is 2.46. The molecular weight excluding hydrogens is 270 g/mol. The van der Waals surface area contributed by atoms with Gasteiger partial charge in [-0.25, -0.2) is 0 Å². The van der Waals surface area contributed by atoms with Crippen LogP contribution < -0.4 is 5.73 Å². The highest BCUT2D eigenvalue weighted by molar-refractivity contribution is 6.31. The van der Waals surface area contributed by atoms with Crippen molar-refractivity contribution in [3.05, 3.63) is 76.8 Å². The Morgan fingerprint density at radius 1 is 0.900 bits per heavy atom. The summed E-state index contributed by atoms with van der Waals surface area (Å²) < 4.78 is 0. The van der Waals surface area contributed by atoms with Gasteiger partial charge in [0.15, 0.2) is 5.78 Å². The van der Waals surface area contributed by atoms with Gasteiger partial charge in [0.1, 0.15) is 0 Å². The summed E-state index contributed by atoms with van der Waals surface area (Å²) in [5.41, 5.74) is 7.47. The summed E-state index contributed by atoms with van der Waals surface area (Å²) in [5, 5.41) is 2.64. The van der Waals surface area contributed by atoms with Gasteiger partial charge in [-0.3, -0.25) is 4.79 Å². The highest BCUT2D eigenvalue weighted by Gasteiger charge is 2.12. The van der Waals surface area contributed by atoms with Gasteiger partial charge in [0.2, 0.25) is 0 Å². The third kappa shape index (κ3) is 2.26. The highest BCUT2D eigenvalue weighted by Crippen LogP contribution is 2.23. The van der Waals surface area contributed by atoms with E-state index >= 15 is 0 Å². The first-order valence-electron chi connectivity index (χ1n) is 6.24. The number of para-hydroxylation sites is 1. The Kier molecular flexibility index (Phi) is 3.17. The molecule has 0 radical (unpaired) electrons. The predicted octanol–water partition coefficient (Wildman–Crippen LogP) is 4.31. The zero-order valence-corrected chi connectivity index (χ0v) is 11.4. The molecular formula is C17H12ClNO. The van der Waals surface area contributed by atoms with Crippen molar-refractivity contribution in [1.29, 1.82) is 0 Å². The number of anilines is 1. The topological polar surface area (TPSA) is 43.1 Å². The Morgan fingerprint density at radius 3 is 2.45 bits per heavy atom. The molecule has 0 atom stereocenters. The van der Waals surface area contributed by atoms with Crippen LogP contribution in [0.4, 0.5) is 5.69 Å². The summed E-state index contributed by atoms with van der Waals surface area (Å²) in [4.78, 5) is 12.5. The molecule has 3 aromatic rings. The number of hydrogen-bond donors (Lipinski definition) is 1. The van der Waals surface area contributed by atoms with Gasteiger partial charge in [-0.1, -0.05) is 41.9 Å². The van der Waals surface area contributed by atoms with E-state index in [0.717, 1.165) is 10.8 Å². The van der Waals surface area contributed by atoms with Crippen LogP contribution in [0.25, 0.3) is 10.8 Å². The Morgan fingerprint density at radius 2 is 1.65 bits per heavy atom. The molecule has 0 spiro atoms. The Bertz CT molecular complexity index is 811. The van der Waals surface area contributed by atoms with E-state index in [1.165, 1.54) is 0 Å². The number of rotatable bonds is 2. The first-order chi connectivity index (χ1) is 9.65. The molecule has 0 heterocycles. The number of hydrogen-bond acceptors (Lipinski definition) is 2. The molecule has 0 amide bonds. The Hall–Kier alpha value is -2.32. The first kappa shape index (κ1) is 12.7. The van der Waals surface area contributed by atoms with Crippen molar-refractivity contribution < 1.29 is 4.79 Å². The fourth-order valence-electron chi connectivity index (χ4n) is 2.22. The van der Waals surface area contributed by atoms with E-state index in [-0.39, 0.29) is 5.78 Å². The first-order valence-corrected chi connectivity index (χ1v) is 6.61. The third-order valence-corrected chi connectivity index (χ3v) is 3.50. The van der Waals surface area contributed by atoms with Crippen molar-refractivity contribution in [2.75, 3.05) is 5.73 Å². The molecule has 0 fully saturated rings. The van der Waals surface area contributed by atoms with Gasteiger partial charge in [0, 0.05) is 21.8 Å². The average molecular weight is 282 g/mol. The molecule has 0 aromatic heterocycles. The van der Waals surface area contributed by atoms with E-state index in [4.69, 9.17) is 17.3 Å². The highest BCUT2D eigenvalue weighted by atomic mass is 35.5. The van der Waals surface area contributed by atoms with Crippen LogP contribution in [-0.2, 0) is 0 Å². The number of halogens is 1. The minimum atomic E-state index is -0.0787. The molecule has 0 aliphatic carbocycles. The van der Waals surface area contributed by atoms with E-state index in [2.05, 4.69) is 0 Å². The van der Waals surface area contributed by atoms with Crippen LogP contribution in [-0.4, -0.2) is 5.78 Å². The van der Waals surface area contributed by atoms with Gasteiger partial charge >= 0.3 is 0 Å². The smallest absolute Gasteiger partial charge is 0.195 e. The van der Waals surface area contributed by atoms with Crippen LogP contribution in [0.15, 0.2) is 60.7 Å². The number of nitrogens with two attached hydrogens (primary N) is 1. The fourth-order valence-corrected chi connectivity index (χ4v) is 2.40. The van der Waals surface area contributed by atoms with Gasteiger partial charge < -0.3 is 5.73 Å². The van der Waals surface area contributed by atoms with E-state index in [0.29, 0.717) is 21.8 Å². The number of nitrogen functional groups attached to an aromatic ring is 1. The summed E-state index contributed by atoms with van der Waals surface area (Å²) in [6.45, 7) is 0. The number of fused-ring (bicyclic) bond motifs is 1. The van der Waals surface area contributed by atoms with Crippen LogP contribution in [0.3, 0.4) is 0 Å². The maximum atomic E-state index is 12.5. The Labute approximate surface area is 121 Å². The molecule has 98 valence electrons. The fraction of sp³-hybridized carbons (Fsp3) is 0. The van der Waals surface area contributed by atoms with Gasteiger partial charge in [-0.2, -0.15) is 0 Å². The molecule has 0 aliphatic heterocycles. The third-order valence-electron chi connectivity index (χ3n) is 3.27. The van der Waals surface area contributed by atoms with E-state index < -0.39 is 0 Å². The van der Waals surface area contributed by atoms with Gasteiger partial charge in [-0.05, 0) is 41.1 Å². The molecule has 2 nitrogen and oxygen atoms in total. The van der Waals surface area contributed by atoms with Crippen LogP contribution in [0.5, 0.6) is 0 Å². The SMILES string of the molecule is Nc1ccccc1C(=O)c1ccc2ccc(Cl)cc2c1. The summed E-state index contributed by atoms with van der Waals surface area (Å²) in [6, 6.07) is 18.3. The monoisotopic (exact) mass is 281 g/mol. The minimum absolute atomic E-state index is 0.0787. The second-order valence-electron chi connectivity index (χ2n) is 4.62. The predicted molar refractivity (Wildman–Crippen MR) is 83.2 cm³/mol. The number of carbonyl (C=O) groups excluding carboxylic acids is 1. The molecule has 0 aliphatic rings. The lowest BCUT2D eigenvalue weighted by molar-refractivity contribution is 0.103. The second kappa shape index (κ2) is 4.99. The largest absolute Gasteiger partial charge is 0.398 e. The number of ketones is 1. The van der Waals surface area contributed by atoms with Crippen LogP contribution >= 0.6 is 11.6 Å². The van der Waals surface area contributed by atoms with Crippen molar-refractivity contribution in [3.8, 4) is 0 Å². The lowest BCUT2D eigenvalue weighted by Gasteiger charge is -2.06. The van der Waals surface area contributed by atoms with E-state index in [1.54, 1.807) is 12.1 Å². The maximum Gasteiger partial charge on any atom is 0.195 e. The van der Waals surface area contributed by atoms with Crippen molar-refractivity contribution in [3.63, 3.8) is 0 Å². The summed E-state index contributed by atoms with van der Waals surface area (Å²) in [6.07, 6.45) is 0. The minimum Gasteiger partial charge on any atom is -0.398 e. The quantitative estimate of drug-likeness (QED) is 0.562.